The van der Waals surface area contributed by atoms with Gasteiger partial charge in [-0.25, -0.2) is 4.79 Å². The molecule has 0 saturated heterocycles. The monoisotopic (exact) mass is 217 g/mol. The lowest BCUT2D eigenvalue weighted by atomic mass is 10.4. The summed E-state index contributed by atoms with van der Waals surface area (Å²) in [4.78, 5) is 25.2. The second-order valence-corrected chi connectivity index (χ2v) is 2.46. The first-order chi connectivity index (χ1) is 6.60. The molecule has 0 heterocycles. The Balaban J connectivity index is 3.98. The van der Waals surface area contributed by atoms with E-state index in [9.17, 15) is 9.59 Å². The molecule has 0 aliphatic heterocycles. The van der Waals surface area contributed by atoms with Gasteiger partial charge < -0.3 is 9.57 Å². The number of hydrogen-bond donors (Lipinski definition) is 2. The minimum atomic E-state index is -1.03. The van der Waals surface area contributed by atoms with E-state index >= 15 is 0 Å². The van der Waals surface area contributed by atoms with Crippen LogP contribution in [0, 0.1) is 0 Å². The molecule has 6 heteroatoms. The maximum Gasteiger partial charge on any atom is 0.538 e. The minimum absolute atomic E-state index is 0.325. The lowest BCUT2D eigenvalue weighted by molar-refractivity contribution is 0.0511. The van der Waals surface area contributed by atoms with E-state index in [1.54, 1.807) is 37.6 Å². The second-order valence-electron chi connectivity index (χ2n) is 2.05. The molecule has 5 nitrogen and oxygen atoms in total. The summed E-state index contributed by atoms with van der Waals surface area (Å²) in [6.07, 6.45) is 3.81. The number of carbonyl (C=O) groups is 2. The van der Waals surface area contributed by atoms with Crippen molar-refractivity contribution in [2.75, 3.05) is 0 Å². The maximum absolute atomic E-state index is 10.8. The van der Waals surface area contributed by atoms with Gasteiger partial charge in [-0.05, 0) is 26.0 Å². The van der Waals surface area contributed by atoms with Crippen LogP contribution in [0.1, 0.15) is 13.8 Å². The first-order valence-electron chi connectivity index (χ1n) is 3.76. The van der Waals surface area contributed by atoms with E-state index in [1.165, 1.54) is 0 Å². The summed E-state index contributed by atoms with van der Waals surface area (Å²) in [5.74, 6) is 0.325. The largest absolute Gasteiger partial charge is 0.538 e. The molecule has 0 aliphatic rings. The summed E-state index contributed by atoms with van der Waals surface area (Å²) in [5, 5.41) is -0.782. The van der Waals surface area contributed by atoms with Crippen molar-refractivity contribution >= 4 is 24.0 Å². The van der Waals surface area contributed by atoms with E-state index in [0.717, 1.165) is 0 Å². The number of carbonyl (C=O) groups excluding carboxylic acids is 2. The molecule has 0 aromatic rings. The van der Waals surface area contributed by atoms with Crippen molar-refractivity contribution in [3.63, 3.8) is 0 Å². The fraction of sp³-hybridized carbons (Fsp3) is 0.250. The average molecular weight is 217 g/mol. The molecule has 14 heavy (non-hydrogen) atoms. The zero-order valence-electron chi connectivity index (χ0n) is 7.81. The molecule has 0 rings (SSSR count). The number of ether oxygens (including phenoxy) is 1. The number of hydrogen-bond acceptors (Lipinski definition) is 4. The van der Waals surface area contributed by atoms with Crippen LogP contribution in [-0.4, -0.2) is 11.4 Å². The Morgan fingerprint density at radius 1 is 1.36 bits per heavy atom. The Kier molecular flexibility index (Phi) is 6.30. The van der Waals surface area contributed by atoms with Crippen LogP contribution in [0.3, 0.4) is 0 Å². The fourth-order valence-corrected chi connectivity index (χ4v) is 0.601. The molecule has 0 radical (unpaired) electrons. The van der Waals surface area contributed by atoms with Crippen LogP contribution in [0.5, 0.6) is 0 Å². The van der Waals surface area contributed by atoms with Crippen molar-refractivity contribution in [2.45, 2.75) is 13.8 Å². The predicted molar refractivity (Wildman–Crippen MR) is 53.7 cm³/mol. The number of rotatable bonds is 2. The molecular weight excluding hydrogens is 206 g/mol. The van der Waals surface area contributed by atoms with Crippen molar-refractivity contribution in [3.05, 3.63) is 24.0 Å². The Morgan fingerprint density at radius 3 is 2.43 bits per heavy atom. The zero-order chi connectivity index (χ0) is 11.0. The van der Waals surface area contributed by atoms with Gasteiger partial charge in [-0.2, -0.15) is 5.48 Å². The van der Waals surface area contributed by atoms with Crippen LogP contribution in [0.4, 0.5) is 9.59 Å². The van der Waals surface area contributed by atoms with Crippen molar-refractivity contribution in [1.82, 2.24) is 5.48 Å². The van der Waals surface area contributed by atoms with Crippen LogP contribution in [0.25, 0.3) is 0 Å². The van der Waals surface area contributed by atoms with Gasteiger partial charge in [-0.15, -0.1) is 0 Å². The Hall–Kier alpha value is -1.43. The van der Waals surface area contributed by atoms with Crippen LogP contribution in [-0.2, 0) is 9.57 Å². The Bertz CT molecular complexity index is 273. The second kappa shape index (κ2) is 7.02. The molecule has 0 saturated carbocycles. The van der Waals surface area contributed by atoms with Gasteiger partial charge in [-0.1, -0.05) is 18.7 Å². The molecule has 0 bridgehead atoms. The smallest absolute Gasteiger partial charge is 0.394 e. The van der Waals surface area contributed by atoms with Crippen LogP contribution >= 0.6 is 12.6 Å². The van der Waals surface area contributed by atoms with Gasteiger partial charge in [0.25, 0.3) is 0 Å². The molecule has 1 N–H and O–H groups in total. The summed E-state index contributed by atoms with van der Waals surface area (Å²) >= 11 is 3.32. The number of thiol groups is 1. The Morgan fingerprint density at radius 2 is 2.00 bits per heavy atom. The molecular formula is C8H11NO4S. The lowest BCUT2D eigenvalue weighted by Crippen LogP contribution is -2.22. The average Bonchev–Trinajstić information content (AvgIpc) is 2.14. The van der Waals surface area contributed by atoms with Gasteiger partial charge in [0.1, 0.15) is 5.76 Å². The molecule has 0 spiro atoms. The van der Waals surface area contributed by atoms with Gasteiger partial charge in [0.2, 0.25) is 0 Å². The van der Waals surface area contributed by atoms with Crippen molar-refractivity contribution in [3.8, 4) is 0 Å². The van der Waals surface area contributed by atoms with Crippen LogP contribution in [0.15, 0.2) is 24.0 Å². The zero-order valence-corrected chi connectivity index (χ0v) is 8.71. The Labute approximate surface area is 87.1 Å². The highest BCUT2D eigenvalue weighted by Crippen LogP contribution is 2.00. The third-order valence-electron chi connectivity index (χ3n) is 1.04. The van der Waals surface area contributed by atoms with Gasteiger partial charge in [-0.3, -0.25) is 4.79 Å². The van der Waals surface area contributed by atoms with Gasteiger partial charge >= 0.3 is 11.4 Å². The molecule has 0 atom stereocenters. The summed E-state index contributed by atoms with van der Waals surface area (Å²) in [7, 11) is 0. The standard InChI is InChI=1S/C8H11NO4S/c1-3-5-6(4-2)12-8(11)13-9-7(10)14/h3-5H,1-2H3,(H2,9,10,14)/b5-3+,6-4-. The van der Waals surface area contributed by atoms with Crippen LogP contribution < -0.4 is 5.48 Å². The predicted octanol–water partition coefficient (Wildman–Crippen LogP) is 2.17. The number of amides is 1. The van der Waals surface area contributed by atoms with Crippen molar-refractivity contribution < 1.29 is 19.2 Å². The summed E-state index contributed by atoms with van der Waals surface area (Å²) in [6, 6.07) is 0. The first-order valence-corrected chi connectivity index (χ1v) is 4.21. The normalized spacial score (nSPS) is 11.2. The third kappa shape index (κ3) is 6.13. The highest BCUT2D eigenvalue weighted by molar-refractivity contribution is 7.96. The quantitative estimate of drug-likeness (QED) is 0.244. The van der Waals surface area contributed by atoms with E-state index in [-0.39, 0.29) is 0 Å². The molecule has 0 aromatic heterocycles. The molecule has 0 aliphatic carbocycles. The van der Waals surface area contributed by atoms with E-state index < -0.39 is 11.4 Å². The molecule has 1 amide bonds. The maximum atomic E-state index is 10.8. The molecule has 0 fully saturated rings. The lowest BCUT2D eigenvalue weighted by Gasteiger charge is -2.04. The number of nitrogens with one attached hydrogen (secondary N) is 1. The first kappa shape index (κ1) is 12.6. The number of allylic oxidation sites excluding steroid dienone is 3. The van der Waals surface area contributed by atoms with Gasteiger partial charge in [0.05, 0.1) is 0 Å². The molecule has 0 aromatic carbocycles. The third-order valence-corrected chi connectivity index (χ3v) is 1.13. The van der Waals surface area contributed by atoms with E-state index in [4.69, 9.17) is 0 Å². The van der Waals surface area contributed by atoms with Crippen molar-refractivity contribution in [1.29, 1.82) is 0 Å². The van der Waals surface area contributed by atoms with Crippen molar-refractivity contribution in [2.24, 2.45) is 0 Å². The topological polar surface area (TPSA) is 64.6 Å². The summed E-state index contributed by atoms with van der Waals surface area (Å²) in [6.45, 7) is 3.47. The molecule has 78 valence electrons. The van der Waals surface area contributed by atoms with E-state index in [1.807, 2.05) is 0 Å². The number of hydroxylamine groups is 1. The SMILES string of the molecule is C/C=C(/C=C/C)OC(=O)ONC(=O)S. The van der Waals surface area contributed by atoms with Gasteiger partial charge in [0, 0.05) is 0 Å². The minimum Gasteiger partial charge on any atom is -0.394 e. The van der Waals surface area contributed by atoms with Crippen LogP contribution in [0.2, 0.25) is 0 Å². The van der Waals surface area contributed by atoms with E-state index in [2.05, 4.69) is 22.2 Å². The van der Waals surface area contributed by atoms with E-state index in [0.29, 0.717) is 5.76 Å². The fourth-order valence-electron chi connectivity index (χ4n) is 0.556. The van der Waals surface area contributed by atoms with Gasteiger partial charge in [0.15, 0.2) is 0 Å². The summed E-state index contributed by atoms with van der Waals surface area (Å²) < 4.78 is 4.65. The highest BCUT2D eigenvalue weighted by atomic mass is 32.1. The molecule has 0 unspecified atom stereocenters. The highest BCUT2D eigenvalue weighted by Gasteiger charge is 2.06. The summed E-state index contributed by atoms with van der Waals surface area (Å²) in [5.41, 5.74) is 1.72.